The van der Waals surface area contributed by atoms with E-state index in [9.17, 15) is 14.4 Å². The van der Waals surface area contributed by atoms with Crippen molar-refractivity contribution in [1.29, 1.82) is 0 Å². The minimum atomic E-state index is -0.763. The van der Waals surface area contributed by atoms with Gasteiger partial charge in [0.15, 0.2) is 6.10 Å². The van der Waals surface area contributed by atoms with Crippen LogP contribution in [0.4, 0.5) is 0 Å². The average molecular weight is 906 g/mol. The van der Waals surface area contributed by atoms with Gasteiger partial charge < -0.3 is 14.2 Å². The first-order valence-electron chi connectivity index (χ1n) is 28.6. The Kier molecular flexibility index (Phi) is 48.1. The molecule has 1 unspecified atom stereocenters. The predicted molar refractivity (Wildman–Crippen MR) is 275 cm³/mol. The van der Waals surface area contributed by atoms with Crippen LogP contribution in [0.2, 0.25) is 0 Å². The van der Waals surface area contributed by atoms with Crippen molar-refractivity contribution in [3.63, 3.8) is 0 Å². The van der Waals surface area contributed by atoms with Crippen molar-refractivity contribution >= 4 is 17.9 Å². The Morgan fingerprint density at radius 1 is 0.312 bits per heavy atom. The van der Waals surface area contributed by atoms with Crippen LogP contribution in [0, 0.1) is 17.8 Å². The average Bonchev–Trinajstić information content (AvgIpc) is 3.27. The molecule has 0 saturated heterocycles. The molecular weight excluding hydrogens is 793 g/mol. The van der Waals surface area contributed by atoms with Crippen LogP contribution in [-0.4, -0.2) is 37.2 Å². The topological polar surface area (TPSA) is 78.9 Å². The van der Waals surface area contributed by atoms with Crippen LogP contribution in [0.5, 0.6) is 0 Å². The van der Waals surface area contributed by atoms with Gasteiger partial charge in [0.1, 0.15) is 13.2 Å². The lowest BCUT2D eigenvalue weighted by atomic mass is 9.99. The molecule has 380 valence electrons. The molecule has 0 aliphatic carbocycles. The highest BCUT2D eigenvalue weighted by atomic mass is 16.6. The smallest absolute Gasteiger partial charge is 0.306 e. The van der Waals surface area contributed by atoms with Gasteiger partial charge in [-0.25, -0.2) is 0 Å². The Morgan fingerprint density at radius 2 is 0.547 bits per heavy atom. The normalized spacial score (nSPS) is 12.6. The van der Waals surface area contributed by atoms with Gasteiger partial charge in [0, 0.05) is 19.3 Å². The molecule has 2 atom stereocenters. The first-order chi connectivity index (χ1) is 31.1. The van der Waals surface area contributed by atoms with Crippen LogP contribution < -0.4 is 0 Å². The number of ether oxygens (including phenoxy) is 3. The highest BCUT2D eigenvalue weighted by Gasteiger charge is 2.19. The van der Waals surface area contributed by atoms with Crippen molar-refractivity contribution in [3.8, 4) is 0 Å². The van der Waals surface area contributed by atoms with E-state index in [4.69, 9.17) is 14.2 Å². The van der Waals surface area contributed by atoms with Gasteiger partial charge in [-0.3, -0.25) is 14.4 Å². The van der Waals surface area contributed by atoms with Crippen LogP contribution in [0.25, 0.3) is 0 Å². The standard InChI is InChI=1S/C58H112O6/c1-7-54(6)46-40-34-28-22-16-12-8-9-13-18-24-31-37-43-49-58(61)64-55(51-63-57(60)48-42-36-30-25-19-21-27-33-39-45-53(4)5)50-62-56(59)47-41-35-29-23-17-14-10-11-15-20-26-32-38-44-52(2)3/h52-55H,7-51H2,1-6H3/t54?,55-/m1/s1. The van der Waals surface area contributed by atoms with Gasteiger partial charge in [-0.15, -0.1) is 0 Å². The van der Waals surface area contributed by atoms with Gasteiger partial charge in [-0.2, -0.15) is 0 Å². The molecular formula is C58H112O6. The predicted octanol–water partition coefficient (Wildman–Crippen LogP) is 18.7. The monoisotopic (exact) mass is 905 g/mol. The molecule has 0 aromatic heterocycles. The van der Waals surface area contributed by atoms with Gasteiger partial charge in [0.25, 0.3) is 0 Å². The maximum Gasteiger partial charge on any atom is 0.306 e. The molecule has 0 radical (unpaired) electrons. The molecule has 0 N–H and O–H groups in total. The lowest BCUT2D eigenvalue weighted by Crippen LogP contribution is -2.30. The summed E-state index contributed by atoms with van der Waals surface area (Å²) in [6.07, 6.45) is 50.9. The van der Waals surface area contributed by atoms with Gasteiger partial charge in [0.05, 0.1) is 0 Å². The zero-order valence-corrected chi connectivity index (χ0v) is 44.1. The molecule has 0 heterocycles. The first-order valence-corrected chi connectivity index (χ1v) is 28.6. The number of carbonyl (C=O) groups is 3. The zero-order valence-electron chi connectivity index (χ0n) is 44.1. The maximum absolute atomic E-state index is 12.8. The second-order valence-corrected chi connectivity index (χ2v) is 21.1. The van der Waals surface area contributed by atoms with Crippen molar-refractivity contribution in [3.05, 3.63) is 0 Å². The third kappa shape index (κ3) is 49.8. The number of rotatable bonds is 51. The lowest BCUT2D eigenvalue weighted by molar-refractivity contribution is -0.167. The van der Waals surface area contributed by atoms with E-state index in [0.29, 0.717) is 19.3 Å². The Labute approximate surface area is 399 Å². The molecule has 0 aliphatic heterocycles. The molecule has 0 fully saturated rings. The van der Waals surface area contributed by atoms with Crippen LogP contribution in [0.1, 0.15) is 318 Å². The van der Waals surface area contributed by atoms with Gasteiger partial charge in [-0.1, -0.05) is 279 Å². The van der Waals surface area contributed by atoms with Crippen LogP contribution in [0.15, 0.2) is 0 Å². The molecule has 0 aromatic rings. The van der Waals surface area contributed by atoms with Gasteiger partial charge in [-0.05, 0) is 37.0 Å². The zero-order chi connectivity index (χ0) is 47.0. The van der Waals surface area contributed by atoms with Gasteiger partial charge in [0.2, 0.25) is 0 Å². The Bertz CT molecular complexity index is 993. The Hall–Kier alpha value is -1.59. The Morgan fingerprint density at radius 3 is 0.812 bits per heavy atom. The van der Waals surface area contributed by atoms with Crippen molar-refractivity contribution in [1.82, 2.24) is 0 Å². The summed E-state index contributed by atoms with van der Waals surface area (Å²) >= 11 is 0. The fourth-order valence-electron chi connectivity index (χ4n) is 8.79. The van der Waals surface area contributed by atoms with E-state index >= 15 is 0 Å². The third-order valence-electron chi connectivity index (χ3n) is 13.5. The van der Waals surface area contributed by atoms with E-state index in [1.54, 1.807) is 0 Å². The highest BCUT2D eigenvalue weighted by Crippen LogP contribution is 2.19. The number of hydrogen-bond acceptors (Lipinski definition) is 6. The first kappa shape index (κ1) is 62.4. The van der Waals surface area contributed by atoms with Crippen LogP contribution in [-0.2, 0) is 28.6 Å². The van der Waals surface area contributed by atoms with E-state index in [-0.39, 0.29) is 31.1 Å². The molecule has 0 rings (SSSR count). The summed E-state index contributed by atoms with van der Waals surface area (Å²) < 4.78 is 16.9. The molecule has 6 nitrogen and oxygen atoms in total. The van der Waals surface area contributed by atoms with Crippen LogP contribution >= 0.6 is 0 Å². The van der Waals surface area contributed by atoms with Crippen LogP contribution in [0.3, 0.4) is 0 Å². The van der Waals surface area contributed by atoms with Gasteiger partial charge >= 0.3 is 17.9 Å². The minimum absolute atomic E-state index is 0.0638. The number of hydrogen-bond donors (Lipinski definition) is 0. The molecule has 0 bridgehead atoms. The van der Waals surface area contributed by atoms with E-state index in [2.05, 4.69) is 41.5 Å². The largest absolute Gasteiger partial charge is 0.462 e. The van der Waals surface area contributed by atoms with E-state index in [0.717, 1.165) is 75.5 Å². The van der Waals surface area contributed by atoms with Crippen molar-refractivity contribution in [2.75, 3.05) is 13.2 Å². The molecule has 6 heteroatoms. The summed E-state index contributed by atoms with van der Waals surface area (Å²) in [6, 6.07) is 0. The molecule has 0 aliphatic rings. The fraction of sp³-hybridized carbons (Fsp3) is 0.948. The van der Waals surface area contributed by atoms with Crippen molar-refractivity contribution in [2.24, 2.45) is 17.8 Å². The molecule has 0 spiro atoms. The maximum atomic E-state index is 12.8. The van der Waals surface area contributed by atoms with E-state index in [1.807, 2.05) is 0 Å². The number of carbonyl (C=O) groups excluding carboxylic acids is 3. The van der Waals surface area contributed by atoms with Crippen molar-refractivity contribution < 1.29 is 28.6 Å². The second-order valence-electron chi connectivity index (χ2n) is 21.1. The lowest BCUT2D eigenvalue weighted by Gasteiger charge is -2.18. The minimum Gasteiger partial charge on any atom is -0.462 e. The summed E-state index contributed by atoms with van der Waals surface area (Å²) in [7, 11) is 0. The molecule has 0 aromatic carbocycles. The molecule has 0 saturated carbocycles. The Balaban J connectivity index is 4.30. The summed E-state index contributed by atoms with van der Waals surface area (Å²) in [5.74, 6) is 1.70. The molecule has 64 heavy (non-hydrogen) atoms. The quantitative estimate of drug-likeness (QED) is 0.0344. The van der Waals surface area contributed by atoms with Crippen molar-refractivity contribution in [2.45, 2.75) is 324 Å². The van der Waals surface area contributed by atoms with E-state index < -0.39 is 6.10 Å². The fourth-order valence-corrected chi connectivity index (χ4v) is 8.79. The SMILES string of the molecule is CCC(C)CCCCCCCCCCCCCCCCC(=O)O[C@H](COC(=O)CCCCCCCCCCCCCCCC(C)C)COC(=O)CCCCCCCCCCCC(C)C. The summed E-state index contributed by atoms with van der Waals surface area (Å²) in [5, 5.41) is 0. The summed E-state index contributed by atoms with van der Waals surface area (Å²) in [4.78, 5) is 38.1. The third-order valence-corrected chi connectivity index (χ3v) is 13.5. The second kappa shape index (κ2) is 49.3. The summed E-state index contributed by atoms with van der Waals surface area (Å²) in [6.45, 7) is 13.8. The summed E-state index contributed by atoms with van der Waals surface area (Å²) in [5.41, 5.74) is 0. The number of unbranched alkanes of at least 4 members (excludes halogenated alkanes) is 33. The number of esters is 3. The van der Waals surface area contributed by atoms with E-state index in [1.165, 1.54) is 199 Å². The molecule has 0 amide bonds. The highest BCUT2D eigenvalue weighted by molar-refractivity contribution is 5.71.